The van der Waals surface area contributed by atoms with E-state index in [2.05, 4.69) is 19.8 Å². The van der Waals surface area contributed by atoms with Crippen LogP contribution in [-0.4, -0.2) is 51.9 Å². The lowest BCUT2D eigenvalue weighted by Crippen LogP contribution is -2.63. The smallest absolute Gasteiger partial charge is 0.132 e. The average Bonchev–Trinajstić information content (AvgIpc) is 3.40. The second kappa shape index (κ2) is 6.26. The van der Waals surface area contributed by atoms with Gasteiger partial charge in [-0.05, 0) is 70.6 Å². The van der Waals surface area contributed by atoms with Crippen molar-refractivity contribution in [3.63, 3.8) is 0 Å². The molecule has 5 rings (SSSR count). The second-order valence-electron chi connectivity index (χ2n) is 9.77. The van der Waals surface area contributed by atoms with Crippen molar-refractivity contribution in [2.45, 2.75) is 76.8 Å². The maximum atomic E-state index is 11.7. The number of aryl methyl sites for hydroxylation is 1. The van der Waals surface area contributed by atoms with Crippen molar-refractivity contribution < 1.29 is 4.79 Å². The van der Waals surface area contributed by atoms with Gasteiger partial charge in [0.1, 0.15) is 11.6 Å². The first-order valence-electron chi connectivity index (χ1n) is 10.8. The Labute approximate surface area is 162 Å². The quantitative estimate of drug-likeness (QED) is 0.819. The molecule has 0 unspecified atom stereocenters. The van der Waals surface area contributed by atoms with E-state index in [9.17, 15) is 4.79 Å². The van der Waals surface area contributed by atoms with Crippen LogP contribution >= 0.6 is 0 Å². The summed E-state index contributed by atoms with van der Waals surface area (Å²) < 4.78 is 0. The van der Waals surface area contributed by atoms with Gasteiger partial charge in [-0.3, -0.25) is 9.69 Å². The number of carbonyl (C=O) groups excluding carboxylic acids is 1. The van der Waals surface area contributed by atoms with Gasteiger partial charge < -0.3 is 4.90 Å². The fourth-order valence-electron chi connectivity index (χ4n) is 6.12. The summed E-state index contributed by atoms with van der Waals surface area (Å²) in [6.45, 7) is 7.12. The Morgan fingerprint density at radius 1 is 1.07 bits per heavy atom. The molecule has 0 aromatic carbocycles. The molecule has 2 spiro atoms. The minimum absolute atomic E-state index is 0.352. The molecule has 5 nitrogen and oxygen atoms in total. The number of hydrogen-bond acceptors (Lipinski definition) is 5. The largest absolute Gasteiger partial charge is 0.366 e. The minimum Gasteiger partial charge on any atom is -0.366 e. The van der Waals surface area contributed by atoms with Crippen LogP contribution in [0.3, 0.4) is 0 Å². The third kappa shape index (κ3) is 3.08. The molecule has 5 heteroatoms. The maximum Gasteiger partial charge on any atom is 0.132 e. The summed E-state index contributed by atoms with van der Waals surface area (Å²) in [5.41, 5.74) is 2.15. The minimum atomic E-state index is 0.352. The highest BCUT2D eigenvalue weighted by Crippen LogP contribution is 2.58. The highest BCUT2D eigenvalue weighted by Gasteiger charge is 2.58. The predicted octanol–water partition coefficient (Wildman–Crippen LogP) is 3.37. The molecule has 4 aliphatic rings. The number of nitrogens with zero attached hydrogens (tertiary/aromatic N) is 4. The molecule has 1 aromatic heterocycles. The average molecular weight is 369 g/mol. The topological polar surface area (TPSA) is 49.3 Å². The van der Waals surface area contributed by atoms with E-state index in [1.807, 2.05) is 19.3 Å². The number of ketones is 1. The number of aromatic nitrogens is 2. The van der Waals surface area contributed by atoms with Crippen LogP contribution in [0.2, 0.25) is 0 Å². The second-order valence-corrected chi connectivity index (χ2v) is 9.77. The zero-order chi connectivity index (χ0) is 18.6. The number of hydrogen-bond donors (Lipinski definition) is 0. The van der Waals surface area contributed by atoms with Gasteiger partial charge in [-0.1, -0.05) is 0 Å². The lowest BCUT2D eigenvalue weighted by atomic mass is 9.56. The van der Waals surface area contributed by atoms with Gasteiger partial charge in [-0.25, -0.2) is 9.97 Å². The molecular formula is C22H32N4O. The Balaban J connectivity index is 1.20. The van der Waals surface area contributed by atoms with E-state index >= 15 is 0 Å². The zero-order valence-corrected chi connectivity index (χ0v) is 16.8. The molecule has 146 valence electrons. The van der Waals surface area contributed by atoms with Gasteiger partial charge in [0.15, 0.2) is 0 Å². The van der Waals surface area contributed by atoms with Crippen LogP contribution in [0.15, 0.2) is 12.4 Å². The van der Waals surface area contributed by atoms with Gasteiger partial charge >= 0.3 is 0 Å². The Morgan fingerprint density at radius 2 is 1.74 bits per heavy atom. The molecule has 1 aliphatic heterocycles. The molecule has 3 aliphatic carbocycles. The van der Waals surface area contributed by atoms with Gasteiger partial charge in [0.25, 0.3) is 0 Å². The van der Waals surface area contributed by atoms with Crippen molar-refractivity contribution in [3.8, 4) is 0 Å². The highest BCUT2D eigenvalue weighted by molar-refractivity contribution is 5.78. The molecular weight excluding hydrogens is 336 g/mol. The summed E-state index contributed by atoms with van der Waals surface area (Å²) in [7, 11) is 0. The van der Waals surface area contributed by atoms with Crippen LogP contribution in [0.25, 0.3) is 0 Å². The predicted molar refractivity (Wildman–Crippen MR) is 106 cm³/mol. The first-order valence-corrected chi connectivity index (χ1v) is 10.8. The van der Waals surface area contributed by atoms with Crippen molar-refractivity contribution in [1.82, 2.24) is 14.9 Å². The van der Waals surface area contributed by atoms with Gasteiger partial charge in [0.2, 0.25) is 0 Å². The number of Topliss-reactive ketones (excluding diaryl/α,β-unsaturated/α-hetero) is 1. The molecule has 0 radical (unpaired) electrons. The molecule has 0 atom stereocenters. The summed E-state index contributed by atoms with van der Waals surface area (Å²) >= 11 is 0. The number of anilines is 1. The molecule has 1 aromatic rings. The van der Waals surface area contributed by atoms with E-state index in [1.165, 1.54) is 50.8 Å². The fraction of sp³-hybridized carbons (Fsp3) is 0.773. The third-order valence-electron chi connectivity index (χ3n) is 8.06. The van der Waals surface area contributed by atoms with E-state index in [0.717, 1.165) is 37.8 Å². The molecule has 1 saturated heterocycles. The number of carbonyl (C=O) groups is 1. The third-order valence-corrected chi connectivity index (χ3v) is 8.06. The van der Waals surface area contributed by atoms with Crippen LogP contribution in [0.1, 0.15) is 64.1 Å². The van der Waals surface area contributed by atoms with E-state index in [-0.39, 0.29) is 0 Å². The molecule has 27 heavy (non-hydrogen) atoms. The van der Waals surface area contributed by atoms with Crippen LogP contribution in [0.5, 0.6) is 0 Å². The molecule has 4 fully saturated rings. The lowest BCUT2D eigenvalue weighted by Gasteiger charge is -2.58. The highest BCUT2D eigenvalue weighted by atomic mass is 16.1. The molecule has 0 amide bonds. The number of rotatable bonds is 3. The van der Waals surface area contributed by atoms with E-state index < -0.39 is 0 Å². The van der Waals surface area contributed by atoms with Crippen molar-refractivity contribution in [2.75, 3.05) is 24.5 Å². The first-order chi connectivity index (χ1) is 13.0. The summed E-state index contributed by atoms with van der Waals surface area (Å²) in [4.78, 5) is 25.8. The van der Waals surface area contributed by atoms with E-state index in [0.29, 0.717) is 22.7 Å². The molecule has 0 bridgehead atoms. The van der Waals surface area contributed by atoms with Crippen LogP contribution in [-0.2, 0) is 4.79 Å². The van der Waals surface area contributed by atoms with Gasteiger partial charge in [-0.2, -0.15) is 0 Å². The van der Waals surface area contributed by atoms with E-state index in [4.69, 9.17) is 0 Å². The summed E-state index contributed by atoms with van der Waals surface area (Å²) in [6, 6.07) is 0.776. The summed E-state index contributed by atoms with van der Waals surface area (Å²) in [5, 5.41) is 0. The van der Waals surface area contributed by atoms with Crippen molar-refractivity contribution in [3.05, 3.63) is 18.2 Å². The van der Waals surface area contributed by atoms with Crippen LogP contribution in [0.4, 0.5) is 5.69 Å². The van der Waals surface area contributed by atoms with Crippen LogP contribution < -0.4 is 4.90 Å². The number of piperazine rings is 1. The Morgan fingerprint density at radius 3 is 2.33 bits per heavy atom. The Bertz CT molecular complexity index is 710. The summed E-state index contributed by atoms with van der Waals surface area (Å²) in [6.07, 6.45) is 14.2. The molecule has 2 heterocycles. The van der Waals surface area contributed by atoms with Gasteiger partial charge in [-0.15, -0.1) is 0 Å². The summed E-state index contributed by atoms with van der Waals surface area (Å²) in [5.74, 6) is 1.61. The molecule has 0 N–H and O–H groups in total. The van der Waals surface area contributed by atoms with Gasteiger partial charge in [0, 0.05) is 37.1 Å². The first kappa shape index (κ1) is 17.6. The Hall–Kier alpha value is -1.49. The lowest BCUT2D eigenvalue weighted by molar-refractivity contribution is -0.124. The zero-order valence-electron chi connectivity index (χ0n) is 16.8. The maximum absolute atomic E-state index is 11.7. The van der Waals surface area contributed by atoms with Crippen LogP contribution in [0, 0.1) is 18.3 Å². The molecule has 3 saturated carbocycles. The standard InChI is InChI=1S/C22H32N4O/c1-16(27)18-3-5-21(6-4-18)11-19(12-21)26-10-9-25(15-22(26)7-8-22)20-13-23-17(2)24-14-20/h13-14,18-19H,3-12,15H2,1-2H3. The fourth-order valence-corrected chi connectivity index (χ4v) is 6.12. The normalized spacial score (nSPS) is 35.3. The van der Waals surface area contributed by atoms with Gasteiger partial charge in [0.05, 0.1) is 18.1 Å². The van der Waals surface area contributed by atoms with E-state index in [1.54, 1.807) is 6.92 Å². The van der Waals surface area contributed by atoms with Crippen molar-refractivity contribution >= 4 is 11.5 Å². The monoisotopic (exact) mass is 368 g/mol. The van der Waals surface area contributed by atoms with Crippen molar-refractivity contribution in [1.29, 1.82) is 0 Å². The Kier molecular flexibility index (Phi) is 4.08. The SMILES string of the molecule is CC(=O)C1CCC2(CC1)CC(N1CCN(c3cnc(C)nc3)CC13CC3)C2. The van der Waals surface area contributed by atoms with Crippen molar-refractivity contribution in [2.24, 2.45) is 11.3 Å².